The third-order valence-electron chi connectivity index (χ3n) is 2.92. The molecule has 0 spiro atoms. The molecule has 0 aliphatic heterocycles. The van der Waals surface area contributed by atoms with Crippen LogP contribution in [0, 0.1) is 9.39 Å². The maximum absolute atomic E-state index is 13.1. The van der Waals surface area contributed by atoms with Crippen LogP contribution in [0.15, 0.2) is 46.9 Å². The van der Waals surface area contributed by atoms with Crippen molar-refractivity contribution in [2.75, 3.05) is 0 Å². The summed E-state index contributed by atoms with van der Waals surface area (Å²) in [6, 6.07) is 12.8. The fraction of sp³-hybridized carbons (Fsp3) is 0.143. The van der Waals surface area contributed by atoms with Crippen molar-refractivity contribution < 1.29 is 4.39 Å². The van der Waals surface area contributed by atoms with Gasteiger partial charge in [0.05, 0.1) is 6.04 Å². The topological polar surface area (TPSA) is 38.0 Å². The Hall–Kier alpha value is -0.500. The maximum atomic E-state index is 13.1. The summed E-state index contributed by atoms with van der Waals surface area (Å²) in [7, 11) is 0. The molecule has 1 atom stereocenters. The quantitative estimate of drug-likeness (QED) is 0.434. The van der Waals surface area contributed by atoms with E-state index in [-0.39, 0.29) is 11.9 Å². The van der Waals surface area contributed by atoms with Crippen LogP contribution in [0.25, 0.3) is 0 Å². The van der Waals surface area contributed by atoms with Gasteiger partial charge in [-0.25, -0.2) is 4.39 Å². The van der Waals surface area contributed by atoms with Gasteiger partial charge >= 0.3 is 0 Å². The second-order valence-electron chi connectivity index (χ2n) is 4.18. The Morgan fingerprint density at radius 2 is 2.00 bits per heavy atom. The van der Waals surface area contributed by atoms with Crippen LogP contribution in [0.5, 0.6) is 0 Å². The third kappa shape index (κ3) is 3.75. The first kappa shape index (κ1) is 14.9. The molecule has 2 aromatic rings. The molecule has 0 radical (unpaired) electrons. The van der Waals surface area contributed by atoms with E-state index in [2.05, 4.69) is 43.9 Å². The van der Waals surface area contributed by atoms with Gasteiger partial charge in [0.25, 0.3) is 0 Å². The van der Waals surface area contributed by atoms with Crippen molar-refractivity contribution in [1.29, 1.82) is 0 Å². The van der Waals surface area contributed by atoms with Crippen LogP contribution in [0.3, 0.4) is 0 Å². The number of benzene rings is 2. The number of hydrogen-bond acceptors (Lipinski definition) is 2. The van der Waals surface area contributed by atoms with Crippen molar-refractivity contribution >= 4 is 38.5 Å². The highest BCUT2D eigenvalue weighted by Gasteiger charge is 2.15. The SMILES string of the molecule is NNC(Cc1ccc(F)cc1Br)c1ccccc1I. The van der Waals surface area contributed by atoms with Gasteiger partial charge < -0.3 is 0 Å². The molecule has 0 aromatic heterocycles. The maximum Gasteiger partial charge on any atom is 0.124 e. The highest BCUT2D eigenvalue weighted by molar-refractivity contribution is 14.1. The zero-order chi connectivity index (χ0) is 13.8. The molecule has 5 heteroatoms. The Balaban J connectivity index is 2.27. The first-order valence-corrected chi connectivity index (χ1v) is 7.63. The number of rotatable bonds is 4. The predicted molar refractivity (Wildman–Crippen MR) is 87.0 cm³/mol. The molecule has 3 N–H and O–H groups in total. The molecule has 2 rings (SSSR count). The first-order valence-electron chi connectivity index (χ1n) is 5.76. The molecule has 0 heterocycles. The lowest BCUT2D eigenvalue weighted by Crippen LogP contribution is -2.30. The van der Waals surface area contributed by atoms with Crippen LogP contribution >= 0.6 is 38.5 Å². The average molecular weight is 435 g/mol. The molecule has 0 aliphatic rings. The van der Waals surface area contributed by atoms with Crippen molar-refractivity contribution in [3.8, 4) is 0 Å². The summed E-state index contributed by atoms with van der Waals surface area (Å²) < 4.78 is 15.0. The van der Waals surface area contributed by atoms with Crippen molar-refractivity contribution in [1.82, 2.24) is 5.43 Å². The molecular formula is C14H13BrFIN2. The Morgan fingerprint density at radius 1 is 1.26 bits per heavy atom. The number of hydrazine groups is 1. The average Bonchev–Trinajstić information content (AvgIpc) is 2.39. The van der Waals surface area contributed by atoms with E-state index in [0.717, 1.165) is 19.2 Å². The van der Waals surface area contributed by atoms with Gasteiger partial charge in [0.15, 0.2) is 0 Å². The molecule has 2 nitrogen and oxygen atoms in total. The minimum atomic E-state index is -0.248. The molecule has 0 saturated heterocycles. The Bertz CT molecular complexity index is 577. The van der Waals surface area contributed by atoms with Gasteiger partial charge in [0.2, 0.25) is 0 Å². The van der Waals surface area contributed by atoms with E-state index in [0.29, 0.717) is 6.42 Å². The Morgan fingerprint density at radius 3 is 2.63 bits per heavy atom. The van der Waals surface area contributed by atoms with Crippen molar-refractivity contribution in [2.45, 2.75) is 12.5 Å². The minimum Gasteiger partial charge on any atom is -0.271 e. The third-order valence-corrected chi connectivity index (χ3v) is 4.64. The lowest BCUT2D eigenvalue weighted by atomic mass is 9.99. The van der Waals surface area contributed by atoms with Crippen LogP contribution in [-0.4, -0.2) is 0 Å². The van der Waals surface area contributed by atoms with Gasteiger partial charge in [0, 0.05) is 8.04 Å². The number of nitrogens with one attached hydrogen (secondary N) is 1. The summed E-state index contributed by atoms with van der Waals surface area (Å²) >= 11 is 5.67. The van der Waals surface area contributed by atoms with Crippen LogP contribution in [0.2, 0.25) is 0 Å². The summed E-state index contributed by atoms with van der Waals surface area (Å²) in [6.45, 7) is 0. The molecule has 2 aromatic carbocycles. The van der Waals surface area contributed by atoms with Crippen LogP contribution in [0.1, 0.15) is 17.2 Å². The van der Waals surface area contributed by atoms with E-state index in [1.54, 1.807) is 6.07 Å². The van der Waals surface area contributed by atoms with E-state index in [9.17, 15) is 4.39 Å². The molecule has 0 aliphatic carbocycles. The Kier molecular flexibility index (Phi) is 5.32. The van der Waals surface area contributed by atoms with E-state index in [1.165, 1.54) is 12.1 Å². The van der Waals surface area contributed by atoms with Gasteiger partial charge in [-0.1, -0.05) is 40.2 Å². The fourth-order valence-electron chi connectivity index (χ4n) is 1.92. The smallest absolute Gasteiger partial charge is 0.124 e. The molecule has 0 bridgehead atoms. The van der Waals surface area contributed by atoms with Gasteiger partial charge in [-0.05, 0) is 58.3 Å². The van der Waals surface area contributed by atoms with Crippen molar-refractivity contribution in [3.63, 3.8) is 0 Å². The summed E-state index contributed by atoms with van der Waals surface area (Å²) in [4.78, 5) is 0. The van der Waals surface area contributed by atoms with E-state index < -0.39 is 0 Å². The van der Waals surface area contributed by atoms with Gasteiger partial charge in [-0.3, -0.25) is 11.3 Å². The van der Waals surface area contributed by atoms with Crippen molar-refractivity contribution in [2.24, 2.45) is 5.84 Å². The molecule has 0 amide bonds. The standard InChI is InChI=1S/C14H13BrFIN2/c15-12-8-10(16)6-5-9(12)7-14(19-18)11-3-1-2-4-13(11)17/h1-6,8,14,19H,7,18H2. The normalized spacial score (nSPS) is 12.4. The zero-order valence-corrected chi connectivity index (χ0v) is 13.8. The van der Waals surface area contributed by atoms with Crippen molar-refractivity contribution in [3.05, 3.63) is 67.5 Å². The van der Waals surface area contributed by atoms with Gasteiger partial charge in [0.1, 0.15) is 5.82 Å². The summed E-state index contributed by atoms with van der Waals surface area (Å²) in [6.07, 6.45) is 0.692. The molecule has 19 heavy (non-hydrogen) atoms. The molecule has 1 unspecified atom stereocenters. The first-order chi connectivity index (χ1) is 9.11. The predicted octanol–water partition coefficient (Wildman–Crippen LogP) is 3.94. The molecule has 0 saturated carbocycles. The van der Waals surface area contributed by atoms with Gasteiger partial charge in [-0.2, -0.15) is 0 Å². The minimum absolute atomic E-state index is 0.00476. The van der Waals surface area contributed by atoms with E-state index in [1.807, 2.05) is 24.3 Å². The highest BCUT2D eigenvalue weighted by Crippen LogP contribution is 2.26. The Labute approximate surface area is 133 Å². The number of halogens is 3. The summed E-state index contributed by atoms with van der Waals surface area (Å²) in [5.41, 5.74) is 4.99. The second-order valence-corrected chi connectivity index (χ2v) is 6.20. The number of nitrogens with two attached hydrogens (primary N) is 1. The lowest BCUT2D eigenvalue weighted by Gasteiger charge is -2.18. The second kappa shape index (κ2) is 6.78. The lowest BCUT2D eigenvalue weighted by molar-refractivity contribution is 0.547. The fourth-order valence-corrected chi connectivity index (χ4v) is 3.20. The van der Waals surface area contributed by atoms with E-state index >= 15 is 0 Å². The molecular weight excluding hydrogens is 422 g/mol. The largest absolute Gasteiger partial charge is 0.271 e. The molecule has 0 fully saturated rings. The highest BCUT2D eigenvalue weighted by atomic mass is 127. The summed E-state index contributed by atoms with van der Waals surface area (Å²) in [5, 5.41) is 0. The number of hydrogen-bond donors (Lipinski definition) is 2. The monoisotopic (exact) mass is 434 g/mol. The molecule has 100 valence electrons. The van der Waals surface area contributed by atoms with E-state index in [4.69, 9.17) is 5.84 Å². The van der Waals surface area contributed by atoms with Crippen LogP contribution < -0.4 is 11.3 Å². The van der Waals surface area contributed by atoms with Gasteiger partial charge in [-0.15, -0.1) is 0 Å². The zero-order valence-electron chi connectivity index (χ0n) is 10.0. The summed E-state index contributed by atoms with van der Waals surface area (Å²) in [5.74, 6) is 5.41. The van der Waals surface area contributed by atoms with Crippen LogP contribution in [-0.2, 0) is 6.42 Å². The van der Waals surface area contributed by atoms with Crippen LogP contribution in [0.4, 0.5) is 4.39 Å².